The van der Waals surface area contributed by atoms with Crippen LogP contribution in [0.3, 0.4) is 0 Å². The quantitative estimate of drug-likeness (QED) is 0.777. The first-order valence-electron chi connectivity index (χ1n) is 5.10. The Morgan fingerprint density at radius 3 is 2.79 bits per heavy atom. The van der Waals surface area contributed by atoms with Gasteiger partial charge in [-0.15, -0.1) is 0 Å². The number of rotatable bonds is 4. The number of thioether (sulfide) groups is 1. The van der Waals surface area contributed by atoms with Crippen LogP contribution in [0.2, 0.25) is 0 Å². The summed E-state index contributed by atoms with van der Waals surface area (Å²) >= 11 is 1.86. The smallest absolute Gasteiger partial charge is 0.157 e. The fraction of sp³-hybridized carbons (Fsp3) is 0.900. The average molecular weight is 216 g/mol. The average Bonchev–Trinajstić information content (AvgIpc) is 2.53. The highest BCUT2D eigenvalue weighted by molar-refractivity contribution is 8.14. The predicted octanol–water partition coefficient (Wildman–Crippen LogP) is 1.74. The van der Waals surface area contributed by atoms with Crippen molar-refractivity contribution in [3.63, 3.8) is 0 Å². The molecule has 1 aliphatic heterocycles. The molecule has 4 heteroatoms. The van der Waals surface area contributed by atoms with Gasteiger partial charge in [0.05, 0.1) is 13.2 Å². The Kier molecular flexibility index (Phi) is 4.75. The third-order valence-electron chi connectivity index (χ3n) is 2.21. The number of nitrogens with one attached hydrogen (secondary N) is 1. The lowest BCUT2D eigenvalue weighted by atomic mass is 10.1. The lowest BCUT2D eigenvalue weighted by molar-refractivity contribution is 0.179. The Labute approximate surface area is 90.7 Å². The van der Waals surface area contributed by atoms with Gasteiger partial charge < -0.3 is 10.1 Å². The van der Waals surface area contributed by atoms with Crippen LogP contribution in [0.5, 0.6) is 0 Å². The molecule has 0 aromatic heterocycles. The molecule has 0 aliphatic carbocycles. The molecule has 3 nitrogen and oxygen atoms in total. The van der Waals surface area contributed by atoms with E-state index >= 15 is 0 Å². The number of hydrogen-bond acceptors (Lipinski definition) is 4. The molecule has 1 rings (SSSR count). The van der Waals surface area contributed by atoms with Crippen LogP contribution in [0.1, 0.15) is 20.8 Å². The van der Waals surface area contributed by atoms with Crippen molar-refractivity contribution in [3.8, 4) is 0 Å². The van der Waals surface area contributed by atoms with Crippen LogP contribution in [0, 0.1) is 5.92 Å². The van der Waals surface area contributed by atoms with Gasteiger partial charge in [0, 0.05) is 18.4 Å². The Morgan fingerprint density at radius 1 is 1.57 bits per heavy atom. The standard InChI is InChI=1S/C10H20N2OS/c1-7(2)9-5-11-10(14-9)12-8(3)6-13-4/h7-9H,5-6H2,1-4H3,(H,11,12). The summed E-state index contributed by atoms with van der Waals surface area (Å²) in [4.78, 5) is 4.47. The van der Waals surface area contributed by atoms with Gasteiger partial charge in [-0.1, -0.05) is 25.6 Å². The predicted molar refractivity (Wildman–Crippen MR) is 63.0 cm³/mol. The van der Waals surface area contributed by atoms with Crippen LogP contribution in [0.15, 0.2) is 4.99 Å². The van der Waals surface area contributed by atoms with Gasteiger partial charge in [-0.05, 0) is 12.8 Å². The fourth-order valence-electron chi connectivity index (χ4n) is 1.32. The van der Waals surface area contributed by atoms with Gasteiger partial charge in [-0.3, -0.25) is 4.99 Å². The van der Waals surface area contributed by atoms with E-state index in [0.29, 0.717) is 17.2 Å². The largest absolute Gasteiger partial charge is 0.383 e. The minimum atomic E-state index is 0.345. The summed E-state index contributed by atoms with van der Waals surface area (Å²) in [7, 11) is 1.72. The fourth-order valence-corrected chi connectivity index (χ4v) is 2.45. The highest BCUT2D eigenvalue weighted by Crippen LogP contribution is 2.25. The lowest BCUT2D eigenvalue weighted by Crippen LogP contribution is -2.33. The third-order valence-corrected chi connectivity index (χ3v) is 3.67. The zero-order valence-corrected chi connectivity index (χ0v) is 10.2. The molecule has 0 bridgehead atoms. The monoisotopic (exact) mass is 216 g/mol. The SMILES string of the molecule is COCC(C)NC1=NCC(C(C)C)S1. The number of amidine groups is 1. The second kappa shape index (κ2) is 5.61. The molecule has 2 atom stereocenters. The first-order valence-corrected chi connectivity index (χ1v) is 5.98. The van der Waals surface area contributed by atoms with Crippen molar-refractivity contribution in [1.29, 1.82) is 0 Å². The van der Waals surface area contributed by atoms with Crippen LogP contribution in [-0.2, 0) is 4.74 Å². The molecule has 0 aromatic rings. The molecule has 14 heavy (non-hydrogen) atoms. The van der Waals surface area contributed by atoms with Crippen LogP contribution in [0.25, 0.3) is 0 Å². The van der Waals surface area contributed by atoms with Gasteiger partial charge in [0.1, 0.15) is 0 Å². The van der Waals surface area contributed by atoms with E-state index in [1.165, 1.54) is 0 Å². The van der Waals surface area contributed by atoms with Gasteiger partial charge in [-0.25, -0.2) is 0 Å². The van der Waals surface area contributed by atoms with Crippen molar-refractivity contribution < 1.29 is 4.74 Å². The van der Waals surface area contributed by atoms with Crippen molar-refractivity contribution in [2.45, 2.75) is 32.1 Å². The van der Waals surface area contributed by atoms with Crippen molar-refractivity contribution >= 4 is 16.9 Å². The Hall–Kier alpha value is -0.220. The number of methoxy groups -OCH3 is 1. The van der Waals surface area contributed by atoms with Crippen molar-refractivity contribution in [1.82, 2.24) is 5.32 Å². The second-order valence-corrected chi connectivity index (χ2v) is 5.27. The number of ether oxygens (including phenoxy) is 1. The highest BCUT2D eigenvalue weighted by atomic mass is 32.2. The minimum absolute atomic E-state index is 0.345. The molecule has 0 saturated heterocycles. The Bertz CT molecular complexity index is 206. The normalized spacial score (nSPS) is 23.8. The van der Waals surface area contributed by atoms with E-state index in [9.17, 15) is 0 Å². The zero-order chi connectivity index (χ0) is 10.6. The summed E-state index contributed by atoms with van der Waals surface area (Å²) in [6, 6.07) is 0.345. The molecule has 2 unspecified atom stereocenters. The number of hydrogen-bond donors (Lipinski definition) is 1. The van der Waals surface area contributed by atoms with Gasteiger partial charge >= 0.3 is 0 Å². The minimum Gasteiger partial charge on any atom is -0.383 e. The maximum absolute atomic E-state index is 5.06. The van der Waals surface area contributed by atoms with E-state index < -0.39 is 0 Å². The van der Waals surface area contributed by atoms with E-state index in [4.69, 9.17) is 4.74 Å². The topological polar surface area (TPSA) is 33.6 Å². The summed E-state index contributed by atoms with van der Waals surface area (Å²) in [5.41, 5.74) is 0. The number of aliphatic imine (C=N–C) groups is 1. The molecular weight excluding hydrogens is 196 g/mol. The van der Waals surface area contributed by atoms with Crippen molar-refractivity contribution in [2.24, 2.45) is 10.9 Å². The highest BCUT2D eigenvalue weighted by Gasteiger charge is 2.22. The summed E-state index contributed by atoms with van der Waals surface area (Å²) in [6.07, 6.45) is 0. The van der Waals surface area contributed by atoms with E-state index in [-0.39, 0.29) is 0 Å². The van der Waals surface area contributed by atoms with Crippen LogP contribution < -0.4 is 5.32 Å². The zero-order valence-electron chi connectivity index (χ0n) is 9.41. The van der Waals surface area contributed by atoms with E-state index in [1.807, 2.05) is 11.8 Å². The molecule has 0 saturated carbocycles. The molecule has 0 amide bonds. The molecule has 1 heterocycles. The summed E-state index contributed by atoms with van der Waals surface area (Å²) < 4.78 is 5.06. The molecule has 0 fully saturated rings. The van der Waals surface area contributed by atoms with Gasteiger partial charge in [0.2, 0.25) is 0 Å². The van der Waals surface area contributed by atoms with E-state index in [0.717, 1.165) is 18.3 Å². The van der Waals surface area contributed by atoms with E-state index in [2.05, 4.69) is 31.1 Å². The maximum Gasteiger partial charge on any atom is 0.157 e. The molecule has 0 aromatic carbocycles. The second-order valence-electron chi connectivity index (χ2n) is 4.05. The summed E-state index contributed by atoms with van der Waals surface area (Å²) in [5, 5.41) is 5.08. The lowest BCUT2D eigenvalue weighted by Gasteiger charge is -2.15. The Balaban J connectivity index is 2.28. The molecule has 1 N–H and O–H groups in total. The molecule has 82 valence electrons. The molecule has 0 spiro atoms. The van der Waals surface area contributed by atoms with Crippen LogP contribution in [0.4, 0.5) is 0 Å². The third kappa shape index (κ3) is 3.50. The molecule has 0 radical (unpaired) electrons. The van der Waals surface area contributed by atoms with E-state index in [1.54, 1.807) is 7.11 Å². The van der Waals surface area contributed by atoms with Gasteiger partial charge in [0.15, 0.2) is 5.17 Å². The van der Waals surface area contributed by atoms with Gasteiger partial charge in [-0.2, -0.15) is 0 Å². The maximum atomic E-state index is 5.06. The summed E-state index contributed by atoms with van der Waals surface area (Å²) in [5.74, 6) is 0.695. The van der Waals surface area contributed by atoms with Crippen molar-refractivity contribution in [3.05, 3.63) is 0 Å². The summed E-state index contributed by atoms with van der Waals surface area (Å²) in [6.45, 7) is 8.27. The van der Waals surface area contributed by atoms with Gasteiger partial charge in [0.25, 0.3) is 0 Å². The first kappa shape index (κ1) is 11.9. The van der Waals surface area contributed by atoms with Crippen LogP contribution >= 0.6 is 11.8 Å². The molecule has 1 aliphatic rings. The first-order chi connectivity index (χ1) is 6.63. The molecular formula is C10H20N2OS. The number of nitrogens with zero attached hydrogens (tertiary/aromatic N) is 1. The Morgan fingerprint density at radius 2 is 2.29 bits per heavy atom. The van der Waals surface area contributed by atoms with Crippen molar-refractivity contribution in [2.75, 3.05) is 20.3 Å². The van der Waals surface area contributed by atoms with Crippen LogP contribution in [-0.4, -0.2) is 36.7 Å².